The maximum atomic E-state index is 11.5. The molecule has 0 aromatic rings. The second kappa shape index (κ2) is 10.5. The van der Waals surface area contributed by atoms with Crippen LogP contribution in [0.1, 0.15) is 61.8 Å². The number of nitrogens with one attached hydrogen (secondary N) is 1. The average Bonchev–Trinajstić information content (AvgIpc) is 2.29. The van der Waals surface area contributed by atoms with Gasteiger partial charge >= 0.3 is 6.09 Å². The lowest BCUT2D eigenvalue weighted by atomic mass is 10.2. The van der Waals surface area contributed by atoms with Crippen molar-refractivity contribution in [2.45, 2.75) is 73.5 Å². The Morgan fingerprint density at radius 2 is 1.75 bits per heavy atom. The van der Waals surface area contributed by atoms with E-state index < -0.39 is 11.7 Å². The molecule has 0 spiro atoms. The van der Waals surface area contributed by atoms with Crippen LogP contribution in [-0.4, -0.2) is 41.6 Å². The van der Waals surface area contributed by atoms with Crippen molar-refractivity contribution in [2.75, 3.05) is 13.1 Å². The number of rotatable bonds is 5. The Kier molecular flexibility index (Phi) is 11.1. The third-order valence-electron chi connectivity index (χ3n) is 2.42. The van der Waals surface area contributed by atoms with E-state index in [9.17, 15) is 9.59 Å². The first-order valence-electron chi connectivity index (χ1n) is 7.40. The van der Waals surface area contributed by atoms with Gasteiger partial charge in [0.25, 0.3) is 0 Å². The Balaban J connectivity index is 0. The summed E-state index contributed by atoms with van der Waals surface area (Å²) in [5, 5.41) is 2.76. The summed E-state index contributed by atoms with van der Waals surface area (Å²) >= 11 is 0. The van der Waals surface area contributed by atoms with Crippen LogP contribution in [0.5, 0.6) is 0 Å². The van der Waals surface area contributed by atoms with Gasteiger partial charge < -0.3 is 15.0 Å². The maximum absolute atomic E-state index is 11.5. The van der Waals surface area contributed by atoms with Crippen LogP contribution < -0.4 is 5.32 Å². The highest BCUT2D eigenvalue weighted by molar-refractivity contribution is 5.73. The molecule has 1 atom stereocenters. The maximum Gasteiger partial charge on any atom is 0.407 e. The second-order valence-corrected chi connectivity index (χ2v) is 5.43. The molecule has 0 saturated carbocycles. The highest BCUT2D eigenvalue weighted by Gasteiger charge is 2.18. The zero-order valence-corrected chi connectivity index (χ0v) is 14.4. The van der Waals surface area contributed by atoms with Crippen LogP contribution in [0, 0.1) is 0 Å². The number of nitrogens with zero attached hydrogens (tertiary/aromatic N) is 1. The quantitative estimate of drug-likeness (QED) is 0.845. The van der Waals surface area contributed by atoms with Crippen molar-refractivity contribution in [3.8, 4) is 0 Å². The predicted molar refractivity (Wildman–Crippen MR) is 82.7 cm³/mol. The third-order valence-corrected chi connectivity index (χ3v) is 2.42. The first-order chi connectivity index (χ1) is 9.15. The molecule has 0 bridgehead atoms. The van der Waals surface area contributed by atoms with E-state index >= 15 is 0 Å². The molecule has 0 aromatic heterocycles. The highest BCUT2D eigenvalue weighted by atomic mass is 16.6. The molecule has 5 nitrogen and oxygen atoms in total. The molecule has 0 saturated heterocycles. The molecule has 0 radical (unpaired) electrons. The van der Waals surface area contributed by atoms with E-state index in [0.717, 1.165) is 0 Å². The summed E-state index contributed by atoms with van der Waals surface area (Å²) < 4.78 is 5.16. The highest BCUT2D eigenvalue weighted by Crippen LogP contribution is 2.07. The number of hydrogen-bond donors (Lipinski definition) is 1. The standard InChI is InChI=1S/C13H26N2O3.C2H6/c1-7-15(11(3)16)9-8-10(2)14-12(17)18-13(4,5)6;1-2/h10H,7-9H2,1-6H3,(H,14,17);1-2H3. The molecular weight excluding hydrogens is 256 g/mol. The Bertz CT molecular complexity index is 285. The topological polar surface area (TPSA) is 58.6 Å². The molecule has 0 aromatic carbocycles. The van der Waals surface area contributed by atoms with Crippen LogP contribution in [-0.2, 0) is 9.53 Å². The normalized spacial score (nSPS) is 11.8. The molecule has 2 amide bonds. The summed E-state index contributed by atoms with van der Waals surface area (Å²) in [7, 11) is 0. The fourth-order valence-electron chi connectivity index (χ4n) is 1.47. The number of carbonyl (C=O) groups excluding carboxylic acids is 2. The summed E-state index contributed by atoms with van der Waals surface area (Å²) in [4.78, 5) is 24.5. The number of carbonyl (C=O) groups is 2. The van der Waals surface area contributed by atoms with E-state index in [1.54, 1.807) is 11.8 Å². The Hall–Kier alpha value is -1.26. The van der Waals surface area contributed by atoms with Crippen molar-refractivity contribution in [3.05, 3.63) is 0 Å². The average molecular weight is 288 g/mol. The van der Waals surface area contributed by atoms with Crippen molar-refractivity contribution in [2.24, 2.45) is 0 Å². The lowest BCUT2D eigenvalue weighted by Gasteiger charge is -2.24. The minimum absolute atomic E-state index is 0.0201. The van der Waals surface area contributed by atoms with Gasteiger partial charge in [-0.05, 0) is 41.0 Å². The molecule has 20 heavy (non-hydrogen) atoms. The van der Waals surface area contributed by atoms with Crippen molar-refractivity contribution >= 4 is 12.0 Å². The molecule has 1 N–H and O–H groups in total. The lowest BCUT2D eigenvalue weighted by Crippen LogP contribution is -2.40. The Morgan fingerprint density at radius 1 is 1.25 bits per heavy atom. The summed E-state index contributed by atoms with van der Waals surface area (Å²) in [6.07, 6.45) is 0.299. The Labute approximate surface area is 124 Å². The van der Waals surface area contributed by atoms with Gasteiger partial charge in [-0.1, -0.05) is 13.8 Å². The molecule has 0 aliphatic rings. The molecule has 1 unspecified atom stereocenters. The number of ether oxygens (including phenoxy) is 1. The van der Waals surface area contributed by atoms with E-state index in [1.807, 2.05) is 48.5 Å². The van der Waals surface area contributed by atoms with Gasteiger partial charge in [-0.2, -0.15) is 0 Å². The van der Waals surface area contributed by atoms with Gasteiger partial charge in [-0.3, -0.25) is 4.79 Å². The number of hydrogen-bond acceptors (Lipinski definition) is 3. The molecule has 5 heteroatoms. The van der Waals surface area contributed by atoms with Gasteiger partial charge in [-0.25, -0.2) is 4.79 Å². The van der Waals surface area contributed by atoms with Crippen molar-refractivity contribution in [1.82, 2.24) is 10.2 Å². The zero-order valence-electron chi connectivity index (χ0n) is 14.4. The van der Waals surface area contributed by atoms with Crippen LogP contribution in [0.3, 0.4) is 0 Å². The molecule has 0 fully saturated rings. The van der Waals surface area contributed by atoms with Gasteiger partial charge in [0.05, 0.1) is 0 Å². The van der Waals surface area contributed by atoms with Crippen molar-refractivity contribution in [3.63, 3.8) is 0 Å². The molecule has 0 rings (SSSR count). The van der Waals surface area contributed by atoms with E-state index in [1.165, 1.54) is 0 Å². The van der Waals surface area contributed by atoms with Gasteiger partial charge in [-0.15, -0.1) is 0 Å². The van der Waals surface area contributed by atoms with Crippen molar-refractivity contribution < 1.29 is 14.3 Å². The van der Waals surface area contributed by atoms with E-state index in [4.69, 9.17) is 4.74 Å². The summed E-state index contributed by atoms with van der Waals surface area (Å²) in [5.74, 6) is 0.0574. The largest absolute Gasteiger partial charge is 0.444 e. The molecule has 0 aliphatic carbocycles. The Morgan fingerprint density at radius 3 is 2.10 bits per heavy atom. The van der Waals surface area contributed by atoms with Gasteiger partial charge in [0, 0.05) is 26.1 Å². The molecule has 120 valence electrons. The first kappa shape index (κ1) is 21.0. The molecule has 0 aliphatic heterocycles. The van der Waals surface area contributed by atoms with E-state index in [0.29, 0.717) is 19.5 Å². The van der Waals surface area contributed by atoms with E-state index in [2.05, 4.69) is 5.32 Å². The third kappa shape index (κ3) is 11.8. The smallest absolute Gasteiger partial charge is 0.407 e. The monoisotopic (exact) mass is 288 g/mol. The van der Waals surface area contributed by atoms with Crippen LogP contribution in [0.15, 0.2) is 0 Å². The van der Waals surface area contributed by atoms with Gasteiger partial charge in [0.15, 0.2) is 0 Å². The fourth-order valence-corrected chi connectivity index (χ4v) is 1.47. The lowest BCUT2D eigenvalue weighted by molar-refractivity contribution is -0.128. The van der Waals surface area contributed by atoms with E-state index in [-0.39, 0.29) is 11.9 Å². The summed E-state index contributed by atoms with van der Waals surface area (Å²) in [6.45, 7) is 16.2. The fraction of sp³-hybridized carbons (Fsp3) is 0.867. The zero-order chi connectivity index (χ0) is 16.3. The van der Waals surface area contributed by atoms with Gasteiger partial charge in [0.2, 0.25) is 5.91 Å². The molecule has 0 heterocycles. The SMILES string of the molecule is CC.CCN(CCC(C)NC(=O)OC(C)(C)C)C(C)=O. The van der Waals surface area contributed by atoms with Crippen molar-refractivity contribution in [1.29, 1.82) is 0 Å². The number of alkyl carbamates (subject to hydrolysis) is 1. The van der Waals surface area contributed by atoms with Crippen LogP contribution in [0.2, 0.25) is 0 Å². The molecular formula is C15H32N2O3. The summed E-state index contributed by atoms with van der Waals surface area (Å²) in [6, 6.07) is -0.0201. The number of amides is 2. The second-order valence-electron chi connectivity index (χ2n) is 5.43. The van der Waals surface area contributed by atoms with Crippen LogP contribution in [0.4, 0.5) is 4.79 Å². The minimum Gasteiger partial charge on any atom is -0.444 e. The summed E-state index contributed by atoms with van der Waals surface area (Å²) in [5.41, 5.74) is -0.487. The minimum atomic E-state index is -0.487. The van der Waals surface area contributed by atoms with Crippen LogP contribution >= 0.6 is 0 Å². The van der Waals surface area contributed by atoms with Crippen LogP contribution in [0.25, 0.3) is 0 Å². The first-order valence-corrected chi connectivity index (χ1v) is 7.40. The van der Waals surface area contributed by atoms with Gasteiger partial charge in [0.1, 0.15) is 5.60 Å². The predicted octanol–water partition coefficient (Wildman–Crippen LogP) is 3.18.